The maximum absolute atomic E-state index is 12.9. The first-order chi connectivity index (χ1) is 19.4. The fourth-order valence-electron chi connectivity index (χ4n) is 4.75. The summed E-state index contributed by atoms with van der Waals surface area (Å²) in [6.45, 7) is 18.4. The number of morpholine rings is 1. The molecule has 0 unspecified atom stereocenters. The third kappa shape index (κ3) is 11.5. The van der Waals surface area contributed by atoms with Gasteiger partial charge in [0, 0.05) is 37.5 Å². The summed E-state index contributed by atoms with van der Waals surface area (Å²) in [6.07, 6.45) is 5.56. The minimum absolute atomic E-state index is 0.00273. The van der Waals surface area contributed by atoms with Crippen molar-refractivity contribution in [2.45, 2.75) is 106 Å². The molecule has 41 heavy (non-hydrogen) atoms. The molecule has 3 rings (SSSR count). The lowest BCUT2D eigenvalue weighted by Crippen LogP contribution is -2.49. The smallest absolute Gasteiger partial charge is 0.270 e. The van der Waals surface area contributed by atoms with Crippen molar-refractivity contribution in [1.29, 1.82) is 0 Å². The van der Waals surface area contributed by atoms with Gasteiger partial charge in [-0.15, -0.1) is 0 Å². The zero-order valence-corrected chi connectivity index (χ0v) is 26.5. The van der Waals surface area contributed by atoms with Crippen LogP contribution in [-0.4, -0.2) is 72.3 Å². The van der Waals surface area contributed by atoms with Gasteiger partial charge in [-0.25, -0.2) is 8.78 Å². The number of hydrogen-bond acceptors (Lipinski definition) is 5. The Bertz CT molecular complexity index is 1010. The molecule has 1 saturated carbocycles. The summed E-state index contributed by atoms with van der Waals surface area (Å²) in [4.78, 5) is 33.6. The molecule has 2 fully saturated rings. The largest absolute Gasteiger partial charge is 0.394 e. The number of amides is 2. The van der Waals surface area contributed by atoms with E-state index in [0.29, 0.717) is 18.7 Å². The molecular weight excluding hydrogens is 526 g/mol. The zero-order chi connectivity index (χ0) is 31.1. The van der Waals surface area contributed by atoms with Crippen LogP contribution in [0.3, 0.4) is 0 Å². The molecule has 1 saturated heterocycles. The summed E-state index contributed by atoms with van der Waals surface area (Å²) in [5.74, 6) is -1.61. The third-order valence-electron chi connectivity index (χ3n) is 6.81. The molecular formula is C32H52F2N4O3. The van der Waals surface area contributed by atoms with Crippen molar-refractivity contribution in [3.8, 4) is 0 Å². The normalized spacial score (nSPS) is 20.5. The maximum atomic E-state index is 12.9. The fraction of sp³-hybridized carbons (Fsp3) is 0.656. The topological polar surface area (TPSA) is 88.2 Å². The number of allylic oxidation sites excluding steroid dienone is 1. The van der Waals surface area contributed by atoms with Crippen molar-refractivity contribution in [2.24, 2.45) is 10.7 Å². The monoisotopic (exact) mass is 578 g/mol. The number of nitrogens with two attached hydrogens (primary N) is 1. The van der Waals surface area contributed by atoms with Crippen molar-refractivity contribution in [3.05, 3.63) is 46.2 Å². The van der Waals surface area contributed by atoms with Crippen LogP contribution < -0.4 is 5.73 Å². The Balaban J connectivity index is 0.000000534. The number of hydrogen-bond donors (Lipinski definition) is 1. The fourth-order valence-corrected chi connectivity index (χ4v) is 4.75. The van der Waals surface area contributed by atoms with Gasteiger partial charge in [0.15, 0.2) is 11.6 Å². The van der Waals surface area contributed by atoms with Crippen molar-refractivity contribution >= 4 is 17.5 Å². The minimum atomic E-state index is -0.775. The van der Waals surface area contributed by atoms with E-state index >= 15 is 0 Å². The van der Waals surface area contributed by atoms with Crippen LogP contribution in [0.4, 0.5) is 8.78 Å². The van der Waals surface area contributed by atoms with E-state index in [1.54, 1.807) is 24.8 Å². The van der Waals surface area contributed by atoms with E-state index in [4.69, 9.17) is 10.5 Å². The molecule has 0 spiro atoms. The van der Waals surface area contributed by atoms with Gasteiger partial charge < -0.3 is 20.3 Å². The van der Waals surface area contributed by atoms with Gasteiger partial charge in [0.25, 0.3) is 5.91 Å². The predicted molar refractivity (Wildman–Crippen MR) is 163 cm³/mol. The number of nitrogens with zero attached hydrogens (tertiary/aromatic N) is 3. The molecule has 2 aliphatic rings. The molecule has 0 aromatic heterocycles. The van der Waals surface area contributed by atoms with Gasteiger partial charge in [-0.05, 0) is 77.0 Å². The van der Waals surface area contributed by atoms with Crippen molar-refractivity contribution < 1.29 is 23.1 Å². The molecule has 9 heteroatoms. The van der Waals surface area contributed by atoms with E-state index in [2.05, 4.69) is 32.7 Å². The van der Waals surface area contributed by atoms with Crippen LogP contribution in [0.5, 0.6) is 0 Å². The van der Waals surface area contributed by atoms with Crippen LogP contribution in [0.1, 0.15) is 91.2 Å². The Labute approximate surface area is 246 Å². The Morgan fingerprint density at radius 1 is 1.02 bits per heavy atom. The molecule has 1 aromatic carbocycles. The summed E-state index contributed by atoms with van der Waals surface area (Å²) in [6, 6.07) is 2.70. The molecule has 0 radical (unpaired) electrons. The summed E-state index contributed by atoms with van der Waals surface area (Å²) in [5.41, 5.74) is 9.36. The van der Waals surface area contributed by atoms with Gasteiger partial charge in [-0.2, -0.15) is 0 Å². The van der Waals surface area contributed by atoms with Gasteiger partial charge in [0.2, 0.25) is 5.91 Å². The first-order valence-corrected chi connectivity index (χ1v) is 15.1. The highest BCUT2D eigenvalue weighted by Gasteiger charge is 2.30. The summed E-state index contributed by atoms with van der Waals surface area (Å²) in [5, 5.41) is 0. The second-order valence-electron chi connectivity index (χ2n) is 10.9. The van der Waals surface area contributed by atoms with E-state index < -0.39 is 11.6 Å². The number of carbonyl (C=O) groups excluding carboxylic acids is 2. The lowest BCUT2D eigenvalue weighted by Gasteiger charge is -2.35. The van der Waals surface area contributed by atoms with Crippen LogP contribution >= 0.6 is 0 Å². The molecule has 1 aliphatic carbocycles. The van der Waals surface area contributed by atoms with E-state index in [9.17, 15) is 18.4 Å². The Hall–Kier alpha value is -2.81. The average molecular weight is 579 g/mol. The van der Waals surface area contributed by atoms with Gasteiger partial charge in [-0.1, -0.05) is 40.2 Å². The first kappa shape index (κ1) is 36.2. The molecule has 1 heterocycles. The molecule has 0 bridgehead atoms. The zero-order valence-electron chi connectivity index (χ0n) is 26.5. The van der Waals surface area contributed by atoms with E-state index in [0.717, 1.165) is 68.1 Å². The SMILES string of the molecule is CCC.CCCN(CCC)C(=O)CN=C1CCC/C1=C(/N)C(=O)N1C[C@@H](C)O[C@@H](C)C1.Cc1ccc(F)c(F)c1C. The number of benzene rings is 1. The van der Waals surface area contributed by atoms with Gasteiger partial charge in [0.05, 0.1) is 12.2 Å². The lowest BCUT2D eigenvalue weighted by molar-refractivity contribution is -0.139. The molecule has 1 aromatic rings. The molecule has 2 atom stereocenters. The molecule has 1 aliphatic heterocycles. The predicted octanol–water partition coefficient (Wildman–Crippen LogP) is 6.11. The summed E-state index contributed by atoms with van der Waals surface area (Å²) < 4.78 is 30.7. The maximum Gasteiger partial charge on any atom is 0.270 e. The standard InChI is InChI=1S/C21H36N4O3.C8H8F2.C3H8/c1-5-10-24(11-6-2)19(26)12-23-18-9-7-8-17(18)20(22)21(27)25-13-15(3)28-16(4)14-25;1-5-3-4-7(9)8(10)6(5)2;1-3-2/h15-16H,5-14,22H2,1-4H3;3-4H,1-2H3;3H2,1-2H3/b20-17-,23-18?;;/t15-,16+;;. The van der Waals surface area contributed by atoms with Crippen LogP contribution in [0, 0.1) is 25.5 Å². The summed E-state index contributed by atoms with van der Waals surface area (Å²) >= 11 is 0. The molecule has 7 nitrogen and oxygen atoms in total. The van der Waals surface area contributed by atoms with Crippen LogP contribution in [0.2, 0.25) is 0 Å². The van der Waals surface area contributed by atoms with Crippen LogP contribution in [0.25, 0.3) is 0 Å². The second-order valence-corrected chi connectivity index (χ2v) is 10.9. The molecule has 2 amide bonds. The third-order valence-corrected chi connectivity index (χ3v) is 6.81. The van der Waals surface area contributed by atoms with Crippen LogP contribution in [-0.2, 0) is 14.3 Å². The quantitative estimate of drug-likeness (QED) is 0.396. The van der Waals surface area contributed by atoms with Gasteiger partial charge in [-0.3, -0.25) is 14.6 Å². The second kappa shape index (κ2) is 18.6. The highest BCUT2D eigenvalue weighted by Crippen LogP contribution is 2.25. The number of carbonyl (C=O) groups is 2. The first-order valence-electron chi connectivity index (χ1n) is 15.1. The minimum Gasteiger partial charge on any atom is -0.394 e. The van der Waals surface area contributed by atoms with E-state index in [1.165, 1.54) is 6.42 Å². The summed E-state index contributed by atoms with van der Waals surface area (Å²) in [7, 11) is 0. The van der Waals surface area contributed by atoms with Gasteiger partial charge in [0.1, 0.15) is 12.2 Å². The highest BCUT2D eigenvalue weighted by atomic mass is 19.2. The number of ether oxygens (including phenoxy) is 1. The lowest BCUT2D eigenvalue weighted by atomic mass is 10.1. The highest BCUT2D eigenvalue weighted by molar-refractivity contribution is 6.09. The number of rotatable bonds is 7. The number of halogens is 2. The number of aliphatic imine (C=N–C) groups is 1. The van der Waals surface area contributed by atoms with Crippen LogP contribution in [0.15, 0.2) is 28.4 Å². The molecule has 232 valence electrons. The average Bonchev–Trinajstić information content (AvgIpc) is 3.40. The molecule has 2 N–H and O–H groups in total. The Morgan fingerprint density at radius 2 is 1.59 bits per heavy atom. The van der Waals surface area contributed by atoms with Crippen molar-refractivity contribution in [3.63, 3.8) is 0 Å². The van der Waals surface area contributed by atoms with E-state index in [1.807, 2.05) is 18.7 Å². The van der Waals surface area contributed by atoms with Gasteiger partial charge >= 0.3 is 0 Å². The number of aryl methyl sites for hydroxylation is 1. The Morgan fingerprint density at radius 3 is 2.10 bits per heavy atom. The van der Waals surface area contributed by atoms with Crippen molar-refractivity contribution in [2.75, 3.05) is 32.7 Å². The van der Waals surface area contributed by atoms with Crippen molar-refractivity contribution in [1.82, 2.24) is 9.80 Å². The Kier molecular flexibility index (Phi) is 16.4. The van der Waals surface area contributed by atoms with E-state index in [-0.39, 0.29) is 36.3 Å².